The second kappa shape index (κ2) is 14.9. The minimum Gasteiger partial charge on any atom is -0.496 e. The Morgan fingerprint density at radius 2 is 1.62 bits per heavy atom. The smallest absolute Gasteiger partial charge is 0.410 e. The van der Waals surface area contributed by atoms with Crippen LogP contribution in [-0.2, 0) is 19.1 Å². The predicted molar refractivity (Wildman–Crippen MR) is 190 cm³/mol. The fourth-order valence-corrected chi connectivity index (χ4v) is 8.10. The lowest BCUT2D eigenvalue weighted by atomic mass is 9.78. The van der Waals surface area contributed by atoms with Gasteiger partial charge in [0, 0.05) is 43.0 Å². The Labute approximate surface area is 295 Å². The van der Waals surface area contributed by atoms with E-state index in [9.17, 15) is 14.4 Å². The molecule has 266 valence electrons. The van der Waals surface area contributed by atoms with Gasteiger partial charge in [-0.1, -0.05) is 24.3 Å². The molecule has 0 atom stereocenters. The summed E-state index contributed by atoms with van der Waals surface area (Å²) in [7, 11) is 3.08. The number of hydrogen-bond donors (Lipinski definition) is 0. The highest BCUT2D eigenvalue weighted by atomic mass is 16.6. The van der Waals surface area contributed by atoms with Gasteiger partial charge < -0.3 is 24.0 Å². The Kier molecular flexibility index (Phi) is 10.1. The molecule has 0 bridgehead atoms. The van der Waals surface area contributed by atoms with Crippen LogP contribution in [0, 0.1) is 24.7 Å². The number of amides is 2. The van der Waals surface area contributed by atoms with Crippen LogP contribution in [0.25, 0.3) is 11.1 Å². The van der Waals surface area contributed by atoms with Crippen LogP contribution in [0.3, 0.4) is 0 Å². The van der Waals surface area contributed by atoms with E-state index in [1.165, 1.54) is 31.1 Å². The van der Waals surface area contributed by atoms with Gasteiger partial charge in [0.2, 0.25) is 5.91 Å². The highest BCUT2D eigenvalue weighted by Gasteiger charge is 2.39. The lowest BCUT2D eigenvalue weighted by Crippen LogP contribution is -2.54. The molecule has 2 aromatic carbocycles. The van der Waals surface area contributed by atoms with Crippen LogP contribution in [0.1, 0.15) is 87.3 Å². The van der Waals surface area contributed by atoms with Gasteiger partial charge in [0.1, 0.15) is 11.9 Å². The summed E-state index contributed by atoms with van der Waals surface area (Å²) in [6.07, 6.45) is 12.8. The van der Waals surface area contributed by atoms with Crippen LogP contribution in [0.15, 0.2) is 54.9 Å². The van der Waals surface area contributed by atoms with E-state index in [4.69, 9.17) is 14.2 Å². The maximum absolute atomic E-state index is 14.5. The van der Waals surface area contributed by atoms with E-state index in [0.29, 0.717) is 63.2 Å². The van der Waals surface area contributed by atoms with Crippen molar-refractivity contribution in [2.75, 3.05) is 38.8 Å². The van der Waals surface area contributed by atoms with Crippen LogP contribution in [0.5, 0.6) is 5.75 Å². The van der Waals surface area contributed by atoms with Gasteiger partial charge in [-0.05, 0) is 118 Å². The number of methoxy groups -OCH3 is 2. The van der Waals surface area contributed by atoms with E-state index in [1.807, 2.05) is 6.20 Å². The van der Waals surface area contributed by atoms with E-state index in [0.717, 1.165) is 48.2 Å². The average molecular weight is 683 g/mol. The van der Waals surface area contributed by atoms with Crippen molar-refractivity contribution in [1.29, 1.82) is 0 Å². The summed E-state index contributed by atoms with van der Waals surface area (Å²) in [5.74, 6) is 1.33. The number of likely N-dealkylation sites (tertiary alicyclic amines) is 1. The van der Waals surface area contributed by atoms with Crippen molar-refractivity contribution in [3.8, 4) is 16.9 Å². The number of aromatic nitrogens is 2. The van der Waals surface area contributed by atoms with Gasteiger partial charge in [-0.2, -0.15) is 5.10 Å². The monoisotopic (exact) mass is 682 g/mol. The van der Waals surface area contributed by atoms with E-state index in [2.05, 4.69) is 70.3 Å². The van der Waals surface area contributed by atoms with Gasteiger partial charge in [0.25, 0.3) is 0 Å². The molecule has 0 radical (unpaired) electrons. The number of anilines is 1. The third kappa shape index (κ3) is 7.54. The van der Waals surface area contributed by atoms with Gasteiger partial charge in [0.05, 0.1) is 32.4 Å². The Balaban J connectivity index is 1.01. The molecule has 3 saturated carbocycles. The molecule has 2 amide bonds. The zero-order chi connectivity index (χ0) is 34.8. The molecule has 0 unspecified atom stereocenters. The number of aryl methyl sites for hydroxylation is 1. The van der Waals surface area contributed by atoms with Gasteiger partial charge in [-0.25, -0.2) is 4.79 Å². The van der Waals surface area contributed by atoms with Crippen LogP contribution in [0.2, 0.25) is 0 Å². The van der Waals surface area contributed by atoms with Crippen molar-refractivity contribution in [2.45, 2.75) is 89.2 Å². The number of rotatable bonds is 10. The quantitative estimate of drug-likeness (QED) is 0.207. The molecule has 2 heterocycles. The van der Waals surface area contributed by atoms with Gasteiger partial charge >= 0.3 is 12.1 Å². The molecule has 0 N–H and O–H groups in total. The number of benzene rings is 2. The zero-order valence-electron chi connectivity index (χ0n) is 29.6. The van der Waals surface area contributed by atoms with E-state index < -0.39 is 0 Å². The maximum atomic E-state index is 14.5. The number of ether oxygens (including phenoxy) is 3. The fraction of sp³-hybridized carbons (Fsp3) is 0.550. The third-order valence-corrected chi connectivity index (χ3v) is 11.4. The SMILES string of the molecule is COC(=O)C1CN(C(=O)O[C@H]2CC[C@H](C(=O)N(C[C@H]3CC[C@H](c4ccc(OC)c(C)c4)CC3)c3cccc(-c4cnn(C5CC5)c4)c3)CC2)C1. The van der Waals surface area contributed by atoms with Crippen LogP contribution < -0.4 is 9.64 Å². The number of carbonyl (C=O) groups excluding carboxylic acids is 3. The molecule has 3 aromatic rings. The van der Waals surface area contributed by atoms with Crippen LogP contribution in [-0.4, -0.2) is 72.6 Å². The second-order valence-corrected chi connectivity index (χ2v) is 14.9. The average Bonchev–Trinajstić information content (AvgIpc) is 3.85. The van der Waals surface area contributed by atoms with E-state index in [-0.39, 0.29) is 35.9 Å². The van der Waals surface area contributed by atoms with Crippen LogP contribution in [0.4, 0.5) is 10.5 Å². The molecular weight excluding hydrogens is 632 g/mol. The molecule has 50 heavy (non-hydrogen) atoms. The molecular formula is C40H50N4O6. The summed E-state index contributed by atoms with van der Waals surface area (Å²) in [6, 6.07) is 15.5. The molecule has 4 fully saturated rings. The highest BCUT2D eigenvalue weighted by Crippen LogP contribution is 2.40. The van der Waals surface area contributed by atoms with Crippen molar-refractivity contribution < 1.29 is 28.6 Å². The first-order chi connectivity index (χ1) is 24.3. The van der Waals surface area contributed by atoms with Crippen molar-refractivity contribution in [3.05, 3.63) is 66.0 Å². The Morgan fingerprint density at radius 1 is 0.860 bits per heavy atom. The first kappa shape index (κ1) is 34.1. The number of nitrogens with zero attached hydrogens (tertiary/aromatic N) is 4. The number of carbonyl (C=O) groups is 3. The summed E-state index contributed by atoms with van der Waals surface area (Å²) in [5.41, 5.74) is 5.63. The molecule has 1 aromatic heterocycles. The van der Waals surface area contributed by atoms with Crippen molar-refractivity contribution in [2.24, 2.45) is 17.8 Å². The van der Waals surface area contributed by atoms with Gasteiger partial charge in [-0.15, -0.1) is 0 Å². The fourth-order valence-electron chi connectivity index (χ4n) is 8.10. The minimum absolute atomic E-state index is 0.127. The normalized spacial score (nSPS) is 23.9. The van der Waals surface area contributed by atoms with Crippen molar-refractivity contribution in [3.63, 3.8) is 0 Å². The van der Waals surface area contributed by atoms with Crippen LogP contribution >= 0.6 is 0 Å². The Bertz CT molecular complexity index is 1680. The topological polar surface area (TPSA) is 103 Å². The molecule has 1 aliphatic heterocycles. The molecule has 4 aliphatic rings. The lowest BCUT2D eigenvalue weighted by molar-refractivity contribution is -0.150. The summed E-state index contributed by atoms with van der Waals surface area (Å²) in [4.78, 5) is 42.5. The molecule has 7 rings (SSSR count). The minimum atomic E-state index is -0.385. The molecule has 3 aliphatic carbocycles. The summed E-state index contributed by atoms with van der Waals surface area (Å²) < 4.78 is 18.1. The highest BCUT2D eigenvalue weighted by molar-refractivity contribution is 5.95. The predicted octanol–water partition coefficient (Wildman–Crippen LogP) is 7.31. The largest absolute Gasteiger partial charge is 0.496 e. The standard InChI is InChI=1S/C40H50N4O6/c1-26-19-31(13-18-37(26)48-2)28-9-7-27(8-10-28)22-43(35-6-4-5-30(20-35)32-21-41-44(25-32)34-14-15-34)38(45)29-11-16-36(17-12-29)50-40(47)42-23-33(24-42)39(46)49-3/h4-6,13,18-21,25,27-29,33-34,36H,7-12,14-17,22-24H2,1-3H3/t27-,28-,29-,36-. The van der Waals surface area contributed by atoms with Gasteiger partial charge in [0.15, 0.2) is 0 Å². The summed E-state index contributed by atoms with van der Waals surface area (Å²) >= 11 is 0. The van der Waals surface area contributed by atoms with E-state index >= 15 is 0 Å². The lowest BCUT2D eigenvalue weighted by Gasteiger charge is -2.38. The third-order valence-electron chi connectivity index (χ3n) is 11.4. The summed E-state index contributed by atoms with van der Waals surface area (Å²) in [5, 5.41) is 4.61. The number of esters is 1. The van der Waals surface area contributed by atoms with Crippen molar-refractivity contribution in [1.82, 2.24) is 14.7 Å². The molecule has 10 nitrogen and oxygen atoms in total. The van der Waals surface area contributed by atoms with Crippen molar-refractivity contribution >= 4 is 23.7 Å². The molecule has 0 spiro atoms. The number of hydrogen-bond acceptors (Lipinski definition) is 7. The Hall–Kier alpha value is -4.34. The Morgan fingerprint density at radius 3 is 2.30 bits per heavy atom. The maximum Gasteiger partial charge on any atom is 0.410 e. The first-order valence-electron chi connectivity index (χ1n) is 18.4. The molecule has 1 saturated heterocycles. The second-order valence-electron chi connectivity index (χ2n) is 14.9. The first-order valence-corrected chi connectivity index (χ1v) is 18.4. The summed E-state index contributed by atoms with van der Waals surface area (Å²) in [6.45, 7) is 3.46. The molecule has 10 heteroatoms. The van der Waals surface area contributed by atoms with E-state index in [1.54, 1.807) is 12.0 Å². The van der Waals surface area contributed by atoms with Gasteiger partial charge in [-0.3, -0.25) is 14.3 Å². The zero-order valence-corrected chi connectivity index (χ0v) is 29.6.